The third-order valence-corrected chi connectivity index (χ3v) is 11.8. The molecule has 0 bridgehead atoms. The Labute approximate surface area is 360 Å². The maximum atomic E-state index is 5.78. The van der Waals surface area contributed by atoms with Gasteiger partial charge in [-0.25, -0.2) is 0 Å². The Bertz CT molecular complexity index is 3620. The Morgan fingerprint density at radius 2 is 0.774 bits per heavy atom. The zero-order valence-electron chi connectivity index (χ0n) is 35.3. The van der Waals surface area contributed by atoms with Gasteiger partial charge in [0, 0.05) is 66.9 Å². The first-order valence-electron chi connectivity index (χ1n) is 21.1. The molecule has 9 aromatic carbocycles. The first-order chi connectivity index (χ1) is 30.4. The molecule has 0 amide bonds. The molecule has 0 spiro atoms. The summed E-state index contributed by atoms with van der Waals surface area (Å²) in [5.74, 6) is 0. The van der Waals surface area contributed by atoms with Gasteiger partial charge in [-0.3, -0.25) is 0 Å². The second-order valence-electron chi connectivity index (χ2n) is 15.9. The van der Waals surface area contributed by atoms with Gasteiger partial charge < -0.3 is 18.0 Å². The van der Waals surface area contributed by atoms with E-state index < -0.39 is 0 Å². The lowest BCUT2D eigenvalue weighted by atomic mass is 10.1. The molecule has 0 aliphatic rings. The summed E-state index contributed by atoms with van der Waals surface area (Å²) in [6.07, 6.45) is 0. The lowest BCUT2D eigenvalue weighted by Crippen LogP contribution is -1.92. The summed E-state index contributed by atoms with van der Waals surface area (Å²) in [6.45, 7) is 6.32. The second kappa shape index (κ2) is 16.3. The Balaban J connectivity index is 0.0000000999. The summed E-state index contributed by atoms with van der Waals surface area (Å²) in [4.78, 5) is 0. The Morgan fingerprint density at radius 1 is 0.323 bits per heavy atom. The molecule has 0 aliphatic carbocycles. The van der Waals surface area contributed by atoms with Crippen LogP contribution in [0.5, 0.6) is 0 Å². The summed E-state index contributed by atoms with van der Waals surface area (Å²) in [5.41, 5.74) is 14.0. The number of hydrogen-bond donors (Lipinski definition) is 0. The van der Waals surface area contributed by atoms with E-state index in [0.29, 0.717) is 0 Å². The van der Waals surface area contributed by atoms with Crippen molar-refractivity contribution < 1.29 is 8.83 Å². The summed E-state index contributed by atoms with van der Waals surface area (Å²) >= 11 is 0. The predicted octanol–water partition coefficient (Wildman–Crippen LogP) is 16.2. The molecule has 62 heavy (non-hydrogen) atoms. The maximum absolute atomic E-state index is 5.78. The summed E-state index contributed by atoms with van der Waals surface area (Å²) in [6, 6.07) is 71.7. The third-order valence-electron chi connectivity index (χ3n) is 11.8. The van der Waals surface area contributed by atoms with Gasteiger partial charge in [-0.2, -0.15) is 0 Å². The van der Waals surface area contributed by atoms with Gasteiger partial charge in [0.2, 0.25) is 0 Å². The number of fused-ring (bicyclic) bond motifs is 12. The minimum absolute atomic E-state index is 0.966. The Kier molecular flexibility index (Phi) is 10.1. The Morgan fingerprint density at radius 3 is 1.44 bits per heavy atom. The minimum Gasteiger partial charge on any atom is -0.456 e. The summed E-state index contributed by atoms with van der Waals surface area (Å²) in [5, 5.41) is 10.1. The standard InChI is InChI=1S/C19H15N.C13H11N.2C13H10O/c1-14-11-12-19-17(13-14)16-9-5-6-10-18(16)20(19)15-7-3-2-4-8-15;1-14-12-8-4-2-6-10(12)11-7-3-5-9-13(11)14;1-9-5-4-7-11-10-6-2-3-8-12(10)14-13(9)11;1-9-6-7-13-11(8-9)10-4-2-3-5-12(10)14-13/h2-13H,1H3;2-9H,1H3;2*2-8H,1H3. The zero-order chi connectivity index (χ0) is 42.2. The smallest absolute Gasteiger partial charge is 0.138 e. The molecule has 13 rings (SSSR count). The third kappa shape index (κ3) is 7.06. The molecule has 0 radical (unpaired) electrons. The van der Waals surface area contributed by atoms with Gasteiger partial charge in [0.15, 0.2) is 0 Å². The fraction of sp³-hybridized carbons (Fsp3) is 0.0690. The van der Waals surface area contributed by atoms with Crippen LogP contribution in [0.1, 0.15) is 16.7 Å². The monoisotopic (exact) mass is 802 g/mol. The van der Waals surface area contributed by atoms with Gasteiger partial charge >= 0.3 is 0 Å². The number of para-hydroxylation sites is 7. The van der Waals surface area contributed by atoms with Crippen LogP contribution in [0.2, 0.25) is 0 Å². The lowest BCUT2D eigenvalue weighted by Gasteiger charge is -2.07. The molecule has 0 saturated carbocycles. The molecule has 0 unspecified atom stereocenters. The highest BCUT2D eigenvalue weighted by Crippen LogP contribution is 2.34. The normalized spacial score (nSPS) is 11.2. The maximum Gasteiger partial charge on any atom is 0.138 e. The van der Waals surface area contributed by atoms with Crippen molar-refractivity contribution in [2.24, 2.45) is 7.05 Å². The molecule has 0 atom stereocenters. The molecular formula is C58H46N2O2. The molecule has 13 aromatic rings. The van der Waals surface area contributed by atoms with Crippen molar-refractivity contribution in [3.63, 3.8) is 0 Å². The highest BCUT2D eigenvalue weighted by Gasteiger charge is 2.12. The quantitative estimate of drug-likeness (QED) is 0.166. The van der Waals surface area contributed by atoms with Gasteiger partial charge in [-0.1, -0.05) is 151 Å². The van der Waals surface area contributed by atoms with Crippen LogP contribution in [0.15, 0.2) is 215 Å². The van der Waals surface area contributed by atoms with E-state index in [1.807, 2.05) is 42.5 Å². The van der Waals surface area contributed by atoms with Crippen molar-refractivity contribution in [1.82, 2.24) is 9.13 Å². The Hall–Kier alpha value is -7.82. The van der Waals surface area contributed by atoms with Gasteiger partial charge in [-0.05, 0) is 93.1 Å². The zero-order valence-corrected chi connectivity index (χ0v) is 35.3. The van der Waals surface area contributed by atoms with E-state index in [1.165, 1.54) is 87.5 Å². The van der Waals surface area contributed by atoms with E-state index in [-0.39, 0.29) is 0 Å². The van der Waals surface area contributed by atoms with E-state index in [0.717, 1.165) is 22.3 Å². The second-order valence-corrected chi connectivity index (χ2v) is 15.9. The number of furan rings is 2. The number of hydrogen-bond acceptors (Lipinski definition) is 2. The van der Waals surface area contributed by atoms with E-state index in [2.05, 4.69) is 201 Å². The van der Waals surface area contributed by atoms with Crippen LogP contribution < -0.4 is 0 Å². The highest BCUT2D eigenvalue weighted by molar-refractivity contribution is 6.10. The van der Waals surface area contributed by atoms with Gasteiger partial charge in [-0.15, -0.1) is 0 Å². The topological polar surface area (TPSA) is 36.1 Å². The number of aryl methyl sites for hydroxylation is 4. The first-order valence-corrected chi connectivity index (χ1v) is 21.1. The van der Waals surface area contributed by atoms with E-state index in [4.69, 9.17) is 8.83 Å². The van der Waals surface area contributed by atoms with E-state index >= 15 is 0 Å². The molecule has 0 N–H and O–H groups in total. The van der Waals surface area contributed by atoms with Gasteiger partial charge in [0.05, 0.1) is 11.0 Å². The van der Waals surface area contributed by atoms with Crippen LogP contribution in [0.25, 0.3) is 93.2 Å². The number of benzene rings is 9. The minimum atomic E-state index is 0.966. The predicted molar refractivity (Wildman–Crippen MR) is 263 cm³/mol. The van der Waals surface area contributed by atoms with E-state index in [1.54, 1.807) is 0 Å². The molecule has 0 aliphatic heterocycles. The van der Waals surface area contributed by atoms with Crippen molar-refractivity contribution in [3.8, 4) is 5.69 Å². The van der Waals surface area contributed by atoms with Crippen LogP contribution in [0.3, 0.4) is 0 Å². The van der Waals surface area contributed by atoms with Crippen molar-refractivity contribution in [3.05, 3.63) is 223 Å². The fourth-order valence-corrected chi connectivity index (χ4v) is 8.79. The van der Waals surface area contributed by atoms with E-state index in [9.17, 15) is 0 Å². The first kappa shape index (κ1) is 38.4. The molecule has 4 nitrogen and oxygen atoms in total. The molecular weight excluding hydrogens is 757 g/mol. The number of rotatable bonds is 1. The summed E-state index contributed by atoms with van der Waals surface area (Å²) in [7, 11) is 2.12. The van der Waals surface area contributed by atoms with Crippen molar-refractivity contribution >= 4 is 87.5 Å². The van der Waals surface area contributed by atoms with Gasteiger partial charge in [0.25, 0.3) is 0 Å². The van der Waals surface area contributed by atoms with Crippen LogP contribution in [0.4, 0.5) is 0 Å². The molecule has 4 heteroatoms. The molecule has 4 heterocycles. The van der Waals surface area contributed by atoms with Crippen LogP contribution in [0, 0.1) is 20.8 Å². The van der Waals surface area contributed by atoms with Crippen LogP contribution >= 0.6 is 0 Å². The fourth-order valence-electron chi connectivity index (χ4n) is 8.79. The molecule has 0 fully saturated rings. The van der Waals surface area contributed by atoms with Gasteiger partial charge in [0.1, 0.15) is 22.3 Å². The summed E-state index contributed by atoms with van der Waals surface area (Å²) < 4.78 is 16.1. The number of nitrogens with zero attached hydrogens (tertiary/aromatic N) is 2. The molecule has 0 saturated heterocycles. The average molecular weight is 803 g/mol. The van der Waals surface area contributed by atoms with Crippen molar-refractivity contribution in [2.75, 3.05) is 0 Å². The highest BCUT2D eigenvalue weighted by atomic mass is 16.3. The average Bonchev–Trinajstić information content (AvgIpc) is 4.06. The van der Waals surface area contributed by atoms with Crippen LogP contribution in [-0.2, 0) is 7.05 Å². The van der Waals surface area contributed by atoms with Crippen molar-refractivity contribution in [1.29, 1.82) is 0 Å². The lowest BCUT2D eigenvalue weighted by molar-refractivity contribution is 0.666. The largest absolute Gasteiger partial charge is 0.456 e. The van der Waals surface area contributed by atoms with Crippen LogP contribution in [-0.4, -0.2) is 9.13 Å². The van der Waals surface area contributed by atoms with Crippen molar-refractivity contribution in [2.45, 2.75) is 20.8 Å². The molecule has 4 aromatic heterocycles. The molecule has 300 valence electrons. The SMILES string of the molecule is Cc1ccc2c(c1)c1ccccc1n2-c1ccccc1.Cc1ccc2oc3ccccc3c2c1.Cc1cccc2c1oc1ccccc12.Cn1c2ccccc2c2ccccc21. The number of aromatic nitrogens is 2.